The fraction of sp³-hybridized carbons (Fsp3) is 0.300. The largest absolute Gasteiger partial charge is 0.452 e. The smallest absolute Gasteiger partial charge is 0.331 e. The van der Waals surface area contributed by atoms with Gasteiger partial charge >= 0.3 is 5.97 Å². The molecule has 0 unspecified atom stereocenters. The van der Waals surface area contributed by atoms with Crippen LogP contribution in [0.1, 0.15) is 29.7 Å². The number of hydrogen-bond donors (Lipinski definition) is 0. The van der Waals surface area contributed by atoms with Gasteiger partial charge in [0.1, 0.15) is 5.15 Å². The van der Waals surface area contributed by atoms with Gasteiger partial charge in [-0.1, -0.05) is 40.9 Å². The number of rotatable bonds is 6. The summed E-state index contributed by atoms with van der Waals surface area (Å²) in [4.78, 5) is 36.5. The Kier molecular flexibility index (Phi) is 7.18. The van der Waals surface area contributed by atoms with Crippen LogP contribution in [0.2, 0.25) is 15.2 Å². The number of hydrogen-bond acceptors (Lipinski definition) is 5. The molecule has 30 heavy (non-hydrogen) atoms. The lowest BCUT2D eigenvalue weighted by Crippen LogP contribution is -2.35. The number of likely N-dealkylation sites (tertiary alicyclic amines) is 1. The summed E-state index contributed by atoms with van der Waals surface area (Å²) in [7, 11) is 0. The average Bonchev–Trinajstić information content (AvgIpc) is 3.23. The van der Waals surface area contributed by atoms with Gasteiger partial charge in [0.2, 0.25) is 5.91 Å². The fourth-order valence-electron chi connectivity index (χ4n) is 2.99. The number of esters is 1. The lowest BCUT2D eigenvalue weighted by Gasteiger charge is -2.12. The SMILES string of the molecule is Cc1nn(Cc2ccc(Cl)cc2Cl)c(Cl)c1C=CC(=O)OCC(=O)N1CCCC1=O. The third-order valence-electron chi connectivity index (χ3n) is 4.54. The van der Waals surface area contributed by atoms with Crippen molar-refractivity contribution in [1.82, 2.24) is 14.7 Å². The van der Waals surface area contributed by atoms with Crippen molar-refractivity contribution >= 4 is 58.7 Å². The average molecular weight is 471 g/mol. The lowest BCUT2D eigenvalue weighted by molar-refractivity contribution is -0.151. The highest BCUT2D eigenvalue weighted by molar-refractivity contribution is 6.35. The Labute approximate surface area is 188 Å². The third-order valence-corrected chi connectivity index (χ3v) is 5.53. The number of halogens is 3. The molecule has 2 heterocycles. The molecule has 0 atom stereocenters. The fourth-order valence-corrected chi connectivity index (χ4v) is 3.76. The Bertz CT molecular complexity index is 1030. The van der Waals surface area contributed by atoms with E-state index in [1.54, 1.807) is 29.8 Å². The third kappa shape index (κ3) is 5.22. The molecule has 1 saturated heterocycles. The van der Waals surface area contributed by atoms with Gasteiger partial charge < -0.3 is 4.74 Å². The van der Waals surface area contributed by atoms with Crippen molar-refractivity contribution in [3.05, 3.63) is 56.3 Å². The summed E-state index contributed by atoms with van der Waals surface area (Å²) < 4.78 is 6.48. The van der Waals surface area contributed by atoms with E-state index in [1.807, 2.05) is 0 Å². The molecular formula is C20H18Cl3N3O4. The number of carbonyl (C=O) groups excluding carboxylic acids is 3. The summed E-state index contributed by atoms with van der Waals surface area (Å²) in [5.74, 6) is -1.50. The first-order valence-corrected chi connectivity index (χ1v) is 10.2. The van der Waals surface area contributed by atoms with Gasteiger partial charge in [0.15, 0.2) is 6.61 Å². The molecule has 2 aromatic rings. The van der Waals surface area contributed by atoms with Crippen LogP contribution < -0.4 is 0 Å². The first-order valence-electron chi connectivity index (χ1n) is 9.11. The van der Waals surface area contributed by atoms with E-state index in [-0.39, 0.29) is 5.91 Å². The van der Waals surface area contributed by atoms with Gasteiger partial charge in [-0.15, -0.1) is 0 Å². The molecule has 2 amide bonds. The van der Waals surface area contributed by atoms with E-state index in [1.165, 1.54) is 6.08 Å². The van der Waals surface area contributed by atoms with Crippen molar-refractivity contribution < 1.29 is 19.1 Å². The van der Waals surface area contributed by atoms with Crippen molar-refractivity contribution in [3.63, 3.8) is 0 Å². The molecule has 1 aliphatic rings. The van der Waals surface area contributed by atoms with E-state index in [9.17, 15) is 14.4 Å². The predicted octanol–water partition coefficient (Wildman–Crippen LogP) is 3.91. The van der Waals surface area contributed by atoms with Crippen molar-refractivity contribution in [2.75, 3.05) is 13.2 Å². The lowest BCUT2D eigenvalue weighted by atomic mass is 10.2. The molecule has 1 aliphatic heterocycles. The number of aryl methyl sites for hydroxylation is 1. The first kappa shape index (κ1) is 22.3. The Balaban J connectivity index is 1.63. The second-order valence-corrected chi connectivity index (χ2v) is 7.87. The Morgan fingerprint density at radius 1 is 1.27 bits per heavy atom. The zero-order chi connectivity index (χ0) is 21.8. The van der Waals surface area contributed by atoms with Gasteiger partial charge in [0.25, 0.3) is 5.91 Å². The summed E-state index contributed by atoms with van der Waals surface area (Å²) in [5, 5.41) is 5.72. The van der Waals surface area contributed by atoms with Gasteiger partial charge in [0, 0.05) is 34.7 Å². The Hall–Kier alpha value is -2.35. The van der Waals surface area contributed by atoms with Crippen LogP contribution in [-0.2, 0) is 25.7 Å². The normalized spacial score (nSPS) is 14.0. The molecule has 158 valence electrons. The summed E-state index contributed by atoms with van der Waals surface area (Å²) in [6, 6.07) is 5.14. The molecule has 0 radical (unpaired) electrons. The van der Waals surface area contributed by atoms with Crippen LogP contribution in [0.15, 0.2) is 24.3 Å². The van der Waals surface area contributed by atoms with Crippen molar-refractivity contribution in [2.45, 2.75) is 26.3 Å². The van der Waals surface area contributed by atoms with Gasteiger partial charge in [-0.25, -0.2) is 9.48 Å². The zero-order valence-corrected chi connectivity index (χ0v) is 18.3. The molecule has 3 rings (SSSR count). The minimum Gasteiger partial charge on any atom is -0.452 e. The van der Waals surface area contributed by atoms with E-state index in [4.69, 9.17) is 39.5 Å². The predicted molar refractivity (Wildman–Crippen MR) is 113 cm³/mol. The van der Waals surface area contributed by atoms with Crippen LogP contribution in [0, 0.1) is 6.92 Å². The van der Waals surface area contributed by atoms with Crippen molar-refractivity contribution in [2.24, 2.45) is 0 Å². The van der Waals surface area contributed by atoms with Crippen LogP contribution in [0.5, 0.6) is 0 Å². The van der Waals surface area contributed by atoms with E-state index in [0.29, 0.717) is 52.4 Å². The van der Waals surface area contributed by atoms with Gasteiger partial charge in [-0.05, 0) is 37.1 Å². The molecular weight excluding hydrogens is 453 g/mol. The molecule has 0 bridgehead atoms. The highest BCUT2D eigenvalue weighted by Crippen LogP contribution is 2.26. The molecule has 1 aromatic heterocycles. The molecule has 10 heteroatoms. The maximum absolute atomic E-state index is 11.9. The quantitative estimate of drug-likeness (QED) is 0.472. The monoisotopic (exact) mass is 469 g/mol. The Morgan fingerprint density at radius 3 is 2.70 bits per heavy atom. The number of carbonyl (C=O) groups is 3. The number of nitrogens with zero attached hydrogens (tertiary/aromatic N) is 3. The standard InChI is InChI=1S/C20H18Cl3N3O4/c1-12-15(6-7-19(29)30-11-18(28)25-8-2-3-17(25)27)20(23)26(24-12)10-13-4-5-14(21)9-16(13)22/h4-7,9H,2-3,8,10-11H2,1H3. The maximum Gasteiger partial charge on any atom is 0.331 e. The van der Waals surface area contributed by atoms with Crippen LogP contribution >= 0.6 is 34.8 Å². The second kappa shape index (κ2) is 9.64. The summed E-state index contributed by atoms with van der Waals surface area (Å²) >= 11 is 18.5. The van der Waals surface area contributed by atoms with Gasteiger partial charge in [-0.3, -0.25) is 14.5 Å². The minimum atomic E-state index is -0.723. The van der Waals surface area contributed by atoms with Crippen LogP contribution in [0.3, 0.4) is 0 Å². The molecule has 0 aliphatic carbocycles. The van der Waals surface area contributed by atoms with Crippen LogP contribution in [0.4, 0.5) is 0 Å². The van der Waals surface area contributed by atoms with Gasteiger partial charge in [0.05, 0.1) is 12.2 Å². The van der Waals surface area contributed by atoms with Crippen molar-refractivity contribution in [3.8, 4) is 0 Å². The number of imide groups is 1. The highest BCUT2D eigenvalue weighted by Gasteiger charge is 2.26. The second-order valence-electron chi connectivity index (χ2n) is 6.67. The summed E-state index contributed by atoms with van der Waals surface area (Å²) in [6.45, 7) is 1.94. The van der Waals surface area contributed by atoms with E-state index < -0.39 is 18.5 Å². The Morgan fingerprint density at radius 2 is 2.03 bits per heavy atom. The highest BCUT2D eigenvalue weighted by atomic mass is 35.5. The molecule has 0 N–H and O–H groups in total. The minimum absolute atomic E-state index is 0.248. The van der Waals surface area contributed by atoms with E-state index >= 15 is 0 Å². The molecule has 0 spiro atoms. The number of benzene rings is 1. The van der Waals surface area contributed by atoms with E-state index in [0.717, 1.165) is 16.5 Å². The number of amides is 2. The molecule has 7 nitrogen and oxygen atoms in total. The summed E-state index contributed by atoms with van der Waals surface area (Å²) in [5.41, 5.74) is 1.93. The summed E-state index contributed by atoms with van der Waals surface area (Å²) in [6.07, 6.45) is 3.59. The molecule has 0 saturated carbocycles. The van der Waals surface area contributed by atoms with E-state index in [2.05, 4.69) is 5.10 Å². The van der Waals surface area contributed by atoms with Crippen molar-refractivity contribution in [1.29, 1.82) is 0 Å². The van der Waals surface area contributed by atoms with Crippen LogP contribution in [0.25, 0.3) is 6.08 Å². The maximum atomic E-state index is 11.9. The molecule has 1 fully saturated rings. The topological polar surface area (TPSA) is 81.5 Å². The number of ether oxygens (including phenoxy) is 1. The van der Waals surface area contributed by atoms with Gasteiger partial charge in [-0.2, -0.15) is 5.10 Å². The van der Waals surface area contributed by atoms with Crippen LogP contribution in [-0.4, -0.2) is 45.6 Å². The zero-order valence-electron chi connectivity index (χ0n) is 16.0. The first-order chi connectivity index (χ1) is 14.3. The molecule has 1 aromatic carbocycles. The number of aromatic nitrogens is 2.